The molecule has 2 aliphatic rings. The number of rotatable bonds is 0. The highest BCUT2D eigenvalue weighted by atomic mass is 16.6. The van der Waals surface area contributed by atoms with Crippen molar-refractivity contribution in [1.29, 1.82) is 0 Å². The SMILES string of the molecule is CC(C)O.CCC.C[C@@H]1[C@H]2CC(=O)O[C@H]2C[C@H]1O.Cc1ccccc1. The molecule has 1 aromatic carbocycles. The minimum atomic E-state index is -0.266. The van der Waals surface area contributed by atoms with E-state index in [2.05, 4.69) is 32.9 Å². The van der Waals surface area contributed by atoms with Gasteiger partial charge in [-0.15, -0.1) is 0 Å². The molecule has 4 nitrogen and oxygen atoms in total. The summed E-state index contributed by atoms with van der Waals surface area (Å²) >= 11 is 0. The number of hydrogen-bond donors (Lipinski definition) is 2. The van der Waals surface area contributed by atoms with E-state index in [1.807, 2.05) is 25.1 Å². The molecule has 0 spiro atoms. The Balaban J connectivity index is 0.000000355. The first kappa shape index (κ1) is 23.6. The Morgan fingerprint density at radius 1 is 1.20 bits per heavy atom. The van der Waals surface area contributed by atoms with E-state index in [0.29, 0.717) is 12.8 Å². The van der Waals surface area contributed by atoms with Crippen LogP contribution in [-0.4, -0.2) is 34.5 Å². The quantitative estimate of drug-likeness (QED) is 0.689. The highest BCUT2D eigenvalue weighted by molar-refractivity contribution is 5.72. The molecule has 1 aliphatic carbocycles. The highest BCUT2D eigenvalue weighted by Crippen LogP contribution is 2.40. The van der Waals surface area contributed by atoms with E-state index in [-0.39, 0.29) is 36.1 Å². The van der Waals surface area contributed by atoms with Gasteiger partial charge in [-0.05, 0) is 26.7 Å². The van der Waals surface area contributed by atoms with Gasteiger partial charge in [-0.2, -0.15) is 0 Å². The zero-order chi connectivity index (χ0) is 19.4. The first-order valence-electron chi connectivity index (χ1n) is 9.30. The molecule has 4 atom stereocenters. The topological polar surface area (TPSA) is 66.8 Å². The third kappa shape index (κ3) is 10.3. The van der Waals surface area contributed by atoms with Crippen LogP contribution in [-0.2, 0) is 9.53 Å². The Hall–Kier alpha value is -1.39. The number of benzene rings is 1. The molecule has 0 aromatic heterocycles. The monoisotopic (exact) mass is 352 g/mol. The lowest BCUT2D eigenvalue weighted by Crippen LogP contribution is -2.15. The van der Waals surface area contributed by atoms with Gasteiger partial charge in [0.1, 0.15) is 6.10 Å². The summed E-state index contributed by atoms with van der Waals surface area (Å²) in [5, 5.41) is 17.5. The normalized spacial score (nSPS) is 26.2. The molecular formula is C21H36O4. The maximum atomic E-state index is 10.8. The Labute approximate surface area is 153 Å². The van der Waals surface area contributed by atoms with E-state index in [1.54, 1.807) is 13.8 Å². The number of hydrogen-bond acceptors (Lipinski definition) is 4. The van der Waals surface area contributed by atoms with Gasteiger partial charge in [0.2, 0.25) is 0 Å². The number of ether oxygens (including phenoxy) is 1. The lowest BCUT2D eigenvalue weighted by Gasteiger charge is -2.11. The average Bonchev–Trinajstić information content (AvgIpc) is 2.99. The number of aliphatic hydroxyl groups excluding tert-OH is 2. The van der Waals surface area contributed by atoms with E-state index >= 15 is 0 Å². The number of carbonyl (C=O) groups excluding carboxylic acids is 1. The van der Waals surface area contributed by atoms with Crippen LogP contribution >= 0.6 is 0 Å². The van der Waals surface area contributed by atoms with Crippen LogP contribution in [0.2, 0.25) is 0 Å². The maximum Gasteiger partial charge on any atom is 0.306 e. The zero-order valence-electron chi connectivity index (χ0n) is 16.6. The Morgan fingerprint density at radius 3 is 2.04 bits per heavy atom. The summed E-state index contributed by atoms with van der Waals surface area (Å²) in [5.41, 5.74) is 1.32. The lowest BCUT2D eigenvalue weighted by atomic mass is 9.94. The van der Waals surface area contributed by atoms with Crippen molar-refractivity contribution in [3.05, 3.63) is 35.9 Å². The van der Waals surface area contributed by atoms with Crippen molar-refractivity contribution < 1.29 is 19.7 Å². The van der Waals surface area contributed by atoms with Crippen LogP contribution in [0.4, 0.5) is 0 Å². The van der Waals surface area contributed by atoms with E-state index in [0.717, 1.165) is 0 Å². The van der Waals surface area contributed by atoms with Gasteiger partial charge >= 0.3 is 5.97 Å². The number of aliphatic hydroxyl groups is 2. The number of carbonyl (C=O) groups is 1. The molecule has 0 radical (unpaired) electrons. The molecule has 1 heterocycles. The molecule has 2 fully saturated rings. The third-order valence-electron chi connectivity index (χ3n) is 3.86. The van der Waals surface area contributed by atoms with Gasteiger partial charge in [-0.3, -0.25) is 4.79 Å². The second kappa shape index (κ2) is 12.9. The summed E-state index contributed by atoms with van der Waals surface area (Å²) in [6.07, 6.45) is 1.96. The standard InChI is InChI=1S/C8H12O3.C7H8.C3H8O.C3H8/c1-4-5-2-8(10)11-7(5)3-6(4)9;1-7-5-3-2-4-6-7;1-3(2)4;1-3-2/h4-7,9H,2-3H2,1H3;2-6H,1H3;3-4H,1-2H3;3H2,1-2H3/t4-,5-,6-,7+;;;/m1.../s1. The molecule has 1 aliphatic heterocycles. The second-order valence-electron chi connectivity index (χ2n) is 7.01. The van der Waals surface area contributed by atoms with Crippen LogP contribution in [0.3, 0.4) is 0 Å². The van der Waals surface area contributed by atoms with Crippen molar-refractivity contribution >= 4 is 5.97 Å². The van der Waals surface area contributed by atoms with E-state index in [4.69, 9.17) is 9.84 Å². The van der Waals surface area contributed by atoms with Crippen molar-refractivity contribution in [2.75, 3.05) is 0 Å². The number of fused-ring (bicyclic) bond motifs is 1. The summed E-state index contributed by atoms with van der Waals surface area (Å²) in [4.78, 5) is 10.8. The fourth-order valence-corrected chi connectivity index (χ4v) is 2.65. The van der Waals surface area contributed by atoms with E-state index in [9.17, 15) is 9.90 Å². The molecule has 25 heavy (non-hydrogen) atoms. The molecule has 4 heteroatoms. The van der Waals surface area contributed by atoms with Crippen LogP contribution < -0.4 is 0 Å². The van der Waals surface area contributed by atoms with Gasteiger partial charge < -0.3 is 14.9 Å². The summed E-state index contributed by atoms with van der Waals surface area (Å²) in [6, 6.07) is 10.3. The number of esters is 1. The van der Waals surface area contributed by atoms with Gasteiger partial charge in [-0.1, -0.05) is 63.1 Å². The van der Waals surface area contributed by atoms with Crippen LogP contribution in [0, 0.1) is 18.8 Å². The van der Waals surface area contributed by atoms with Gasteiger partial charge in [0.15, 0.2) is 0 Å². The smallest absolute Gasteiger partial charge is 0.306 e. The predicted molar refractivity (Wildman–Crippen MR) is 102 cm³/mol. The van der Waals surface area contributed by atoms with Crippen molar-refractivity contribution in [3.8, 4) is 0 Å². The first-order valence-corrected chi connectivity index (χ1v) is 9.30. The predicted octanol–water partition coefficient (Wildman–Crippen LogP) is 4.12. The summed E-state index contributed by atoms with van der Waals surface area (Å²) < 4.78 is 5.03. The Morgan fingerprint density at radius 2 is 1.68 bits per heavy atom. The summed E-state index contributed by atoms with van der Waals surface area (Å²) in [6.45, 7) is 11.8. The molecule has 0 unspecified atom stereocenters. The second-order valence-corrected chi connectivity index (χ2v) is 7.01. The Kier molecular flexibility index (Phi) is 12.2. The van der Waals surface area contributed by atoms with Crippen LogP contribution in [0.15, 0.2) is 30.3 Å². The zero-order valence-corrected chi connectivity index (χ0v) is 16.6. The largest absolute Gasteiger partial charge is 0.462 e. The molecular weight excluding hydrogens is 316 g/mol. The summed E-state index contributed by atoms with van der Waals surface area (Å²) in [7, 11) is 0. The van der Waals surface area contributed by atoms with E-state index < -0.39 is 0 Å². The molecule has 0 amide bonds. The van der Waals surface area contributed by atoms with E-state index in [1.165, 1.54) is 12.0 Å². The molecule has 1 saturated carbocycles. The third-order valence-corrected chi connectivity index (χ3v) is 3.86. The van der Waals surface area contributed by atoms with Gasteiger partial charge in [0.25, 0.3) is 0 Å². The van der Waals surface area contributed by atoms with Crippen molar-refractivity contribution in [3.63, 3.8) is 0 Å². The van der Waals surface area contributed by atoms with Crippen LogP contribution in [0.25, 0.3) is 0 Å². The average molecular weight is 353 g/mol. The molecule has 0 bridgehead atoms. The minimum Gasteiger partial charge on any atom is -0.462 e. The van der Waals surface area contributed by atoms with Crippen molar-refractivity contribution in [1.82, 2.24) is 0 Å². The molecule has 1 saturated heterocycles. The first-order chi connectivity index (χ1) is 11.7. The van der Waals surface area contributed by atoms with Crippen LogP contribution in [0.5, 0.6) is 0 Å². The molecule has 2 N–H and O–H groups in total. The van der Waals surface area contributed by atoms with Crippen LogP contribution in [0.1, 0.15) is 59.4 Å². The Bertz CT molecular complexity index is 455. The molecule has 144 valence electrons. The van der Waals surface area contributed by atoms with Gasteiger partial charge in [0.05, 0.1) is 12.5 Å². The lowest BCUT2D eigenvalue weighted by molar-refractivity contribution is -0.141. The fraction of sp³-hybridized carbons (Fsp3) is 0.667. The van der Waals surface area contributed by atoms with Crippen molar-refractivity contribution in [2.24, 2.45) is 11.8 Å². The maximum absolute atomic E-state index is 10.8. The minimum absolute atomic E-state index is 0.00694. The highest BCUT2D eigenvalue weighted by Gasteiger charge is 2.47. The summed E-state index contributed by atoms with van der Waals surface area (Å²) in [5.74, 6) is 0.405. The fourth-order valence-electron chi connectivity index (χ4n) is 2.65. The number of aryl methyl sites for hydroxylation is 1. The molecule has 1 aromatic rings. The van der Waals surface area contributed by atoms with Gasteiger partial charge in [-0.25, -0.2) is 0 Å². The van der Waals surface area contributed by atoms with Gasteiger partial charge in [0, 0.05) is 18.4 Å². The van der Waals surface area contributed by atoms with Crippen molar-refractivity contribution in [2.45, 2.75) is 79.1 Å². The molecule has 3 rings (SSSR count).